The molecule has 104 valence electrons. The van der Waals surface area contributed by atoms with Crippen molar-refractivity contribution >= 4 is 27.5 Å². The first kappa shape index (κ1) is 14.3. The lowest BCUT2D eigenvalue weighted by molar-refractivity contribution is 0.0724. The number of piperidine rings is 1. The van der Waals surface area contributed by atoms with E-state index in [0.717, 1.165) is 19.3 Å². The van der Waals surface area contributed by atoms with E-state index >= 15 is 0 Å². The zero-order valence-electron chi connectivity index (χ0n) is 10.3. The van der Waals surface area contributed by atoms with Gasteiger partial charge in [-0.1, -0.05) is 11.6 Å². The second-order valence-corrected chi connectivity index (χ2v) is 6.57. The third kappa shape index (κ3) is 3.46. The minimum absolute atomic E-state index is 0.139. The Labute approximate surface area is 117 Å². The van der Waals surface area contributed by atoms with Crippen LogP contribution in [0.3, 0.4) is 0 Å². The van der Waals surface area contributed by atoms with Gasteiger partial charge in [-0.3, -0.25) is 4.79 Å². The molecule has 0 aromatic heterocycles. The van der Waals surface area contributed by atoms with Crippen molar-refractivity contribution in [3.63, 3.8) is 0 Å². The SMILES string of the molecule is NS(=O)(=O)c1cc(Cl)cc(C(=O)N2CCCCC2)c1. The molecular formula is C12H15ClN2O3S. The van der Waals surface area contributed by atoms with Crippen molar-refractivity contribution in [2.24, 2.45) is 5.14 Å². The number of amides is 1. The summed E-state index contributed by atoms with van der Waals surface area (Å²) in [6.07, 6.45) is 3.05. The zero-order chi connectivity index (χ0) is 14.0. The Morgan fingerprint density at radius 1 is 1.16 bits per heavy atom. The molecule has 1 aromatic carbocycles. The van der Waals surface area contributed by atoms with Gasteiger partial charge in [-0.05, 0) is 37.5 Å². The van der Waals surface area contributed by atoms with Gasteiger partial charge in [-0.25, -0.2) is 13.6 Å². The summed E-state index contributed by atoms with van der Waals surface area (Å²) in [7, 11) is -3.87. The van der Waals surface area contributed by atoms with Crippen LogP contribution in [0.2, 0.25) is 5.02 Å². The second kappa shape index (κ2) is 5.48. The third-order valence-electron chi connectivity index (χ3n) is 3.09. The molecule has 0 atom stereocenters. The molecule has 7 heteroatoms. The van der Waals surface area contributed by atoms with E-state index in [0.29, 0.717) is 13.1 Å². The quantitative estimate of drug-likeness (QED) is 0.901. The number of carbonyl (C=O) groups is 1. The van der Waals surface area contributed by atoms with Crippen LogP contribution in [-0.4, -0.2) is 32.3 Å². The number of primary sulfonamides is 1. The van der Waals surface area contributed by atoms with Crippen LogP contribution in [0.15, 0.2) is 23.1 Å². The topological polar surface area (TPSA) is 80.5 Å². The maximum atomic E-state index is 12.3. The van der Waals surface area contributed by atoms with Crippen LogP contribution < -0.4 is 5.14 Å². The maximum absolute atomic E-state index is 12.3. The summed E-state index contributed by atoms with van der Waals surface area (Å²) in [5.74, 6) is -0.202. The fraction of sp³-hybridized carbons (Fsp3) is 0.417. The summed E-state index contributed by atoms with van der Waals surface area (Å²) in [6.45, 7) is 1.38. The lowest BCUT2D eigenvalue weighted by Gasteiger charge is -2.26. The molecule has 0 spiro atoms. The fourth-order valence-corrected chi connectivity index (χ4v) is 3.01. The first-order valence-electron chi connectivity index (χ1n) is 6.00. The summed E-state index contributed by atoms with van der Waals surface area (Å²) in [5, 5.41) is 5.25. The molecule has 1 amide bonds. The highest BCUT2D eigenvalue weighted by atomic mass is 35.5. The number of nitrogens with zero attached hydrogens (tertiary/aromatic N) is 1. The minimum Gasteiger partial charge on any atom is -0.339 e. The average molecular weight is 303 g/mol. The molecule has 1 aliphatic heterocycles. The van der Waals surface area contributed by atoms with Gasteiger partial charge in [0.1, 0.15) is 0 Å². The van der Waals surface area contributed by atoms with E-state index in [9.17, 15) is 13.2 Å². The molecule has 1 saturated heterocycles. The van der Waals surface area contributed by atoms with Crippen molar-refractivity contribution < 1.29 is 13.2 Å². The maximum Gasteiger partial charge on any atom is 0.253 e. The van der Waals surface area contributed by atoms with Crippen molar-refractivity contribution in [3.8, 4) is 0 Å². The van der Waals surface area contributed by atoms with Gasteiger partial charge in [0.15, 0.2) is 0 Å². The number of hydrogen-bond acceptors (Lipinski definition) is 3. The Bertz CT molecular complexity index is 595. The standard InChI is InChI=1S/C12H15ClN2O3S/c13-10-6-9(7-11(8-10)19(14,17)18)12(16)15-4-2-1-3-5-15/h6-8H,1-5H2,(H2,14,17,18). The number of benzene rings is 1. The van der Waals surface area contributed by atoms with Crippen LogP contribution in [0, 0.1) is 0 Å². The average Bonchev–Trinajstić information content (AvgIpc) is 2.37. The van der Waals surface area contributed by atoms with Gasteiger partial charge < -0.3 is 4.90 Å². The Balaban J connectivity index is 2.34. The molecule has 0 unspecified atom stereocenters. The van der Waals surface area contributed by atoms with E-state index in [1.807, 2.05) is 0 Å². The Kier molecular flexibility index (Phi) is 4.13. The number of hydrogen-bond donors (Lipinski definition) is 1. The molecular weight excluding hydrogens is 288 g/mol. The first-order chi connectivity index (χ1) is 8.88. The minimum atomic E-state index is -3.87. The Morgan fingerprint density at radius 3 is 2.37 bits per heavy atom. The Hall–Kier alpha value is -1.11. The van der Waals surface area contributed by atoms with Gasteiger partial charge in [0.05, 0.1) is 4.90 Å². The molecule has 1 fully saturated rings. The molecule has 1 aliphatic rings. The van der Waals surface area contributed by atoms with Gasteiger partial charge in [0.25, 0.3) is 5.91 Å². The summed E-state index contributed by atoms with van der Waals surface area (Å²) in [6, 6.07) is 3.98. The Morgan fingerprint density at radius 2 is 1.79 bits per heavy atom. The summed E-state index contributed by atoms with van der Waals surface area (Å²) < 4.78 is 22.7. The molecule has 0 aliphatic carbocycles. The van der Waals surface area contributed by atoms with E-state index in [1.54, 1.807) is 4.90 Å². The van der Waals surface area contributed by atoms with E-state index in [-0.39, 0.29) is 21.4 Å². The van der Waals surface area contributed by atoms with Crippen LogP contribution >= 0.6 is 11.6 Å². The van der Waals surface area contributed by atoms with Crippen molar-refractivity contribution in [1.82, 2.24) is 4.90 Å². The smallest absolute Gasteiger partial charge is 0.253 e. The molecule has 1 heterocycles. The lowest BCUT2D eigenvalue weighted by Crippen LogP contribution is -2.35. The van der Waals surface area contributed by atoms with Crippen LogP contribution in [-0.2, 0) is 10.0 Å². The molecule has 19 heavy (non-hydrogen) atoms. The molecule has 2 rings (SSSR count). The number of halogens is 1. The van der Waals surface area contributed by atoms with Gasteiger partial charge >= 0.3 is 0 Å². The monoisotopic (exact) mass is 302 g/mol. The van der Waals surface area contributed by atoms with E-state index in [1.165, 1.54) is 18.2 Å². The highest BCUT2D eigenvalue weighted by Gasteiger charge is 2.20. The van der Waals surface area contributed by atoms with Gasteiger partial charge in [0, 0.05) is 23.7 Å². The fourth-order valence-electron chi connectivity index (χ4n) is 2.13. The number of nitrogens with two attached hydrogens (primary N) is 1. The van der Waals surface area contributed by atoms with Gasteiger partial charge in [-0.2, -0.15) is 0 Å². The van der Waals surface area contributed by atoms with Gasteiger partial charge in [-0.15, -0.1) is 0 Å². The highest BCUT2D eigenvalue weighted by molar-refractivity contribution is 7.89. The molecule has 1 aromatic rings. The van der Waals surface area contributed by atoms with Crippen molar-refractivity contribution in [3.05, 3.63) is 28.8 Å². The van der Waals surface area contributed by atoms with Crippen molar-refractivity contribution in [1.29, 1.82) is 0 Å². The summed E-state index contributed by atoms with van der Waals surface area (Å²) in [4.78, 5) is 13.8. The van der Waals surface area contributed by atoms with Crippen LogP contribution in [0.25, 0.3) is 0 Å². The normalized spacial score (nSPS) is 16.4. The van der Waals surface area contributed by atoms with Crippen molar-refractivity contribution in [2.45, 2.75) is 24.2 Å². The summed E-state index contributed by atoms with van der Waals surface area (Å²) >= 11 is 5.85. The van der Waals surface area contributed by atoms with Crippen LogP contribution in [0.1, 0.15) is 29.6 Å². The van der Waals surface area contributed by atoms with Crippen LogP contribution in [0.5, 0.6) is 0 Å². The van der Waals surface area contributed by atoms with E-state index in [4.69, 9.17) is 16.7 Å². The second-order valence-electron chi connectivity index (χ2n) is 4.57. The summed E-state index contributed by atoms with van der Waals surface area (Å²) in [5.41, 5.74) is 0.262. The molecule has 2 N–H and O–H groups in total. The molecule has 0 bridgehead atoms. The molecule has 0 radical (unpaired) electrons. The predicted molar refractivity (Wildman–Crippen MR) is 72.6 cm³/mol. The van der Waals surface area contributed by atoms with Crippen LogP contribution in [0.4, 0.5) is 0 Å². The molecule has 0 saturated carbocycles. The van der Waals surface area contributed by atoms with Gasteiger partial charge in [0.2, 0.25) is 10.0 Å². The van der Waals surface area contributed by atoms with E-state index in [2.05, 4.69) is 0 Å². The largest absolute Gasteiger partial charge is 0.339 e. The first-order valence-corrected chi connectivity index (χ1v) is 7.93. The highest BCUT2D eigenvalue weighted by Crippen LogP contribution is 2.20. The van der Waals surface area contributed by atoms with Crippen molar-refractivity contribution in [2.75, 3.05) is 13.1 Å². The lowest BCUT2D eigenvalue weighted by atomic mass is 10.1. The zero-order valence-corrected chi connectivity index (χ0v) is 11.9. The molecule has 5 nitrogen and oxygen atoms in total. The van der Waals surface area contributed by atoms with E-state index < -0.39 is 10.0 Å². The number of rotatable bonds is 2. The number of likely N-dealkylation sites (tertiary alicyclic amines) is 1. The number of carbonyl (C=O) groups excluding carboxylic acids is 1. The number of sulfonamides is 1. The predicted octanol–water partition coefficient (Wildman–Crippen LogP) is 1.61. The third-order valence-corrected chi connectivity index (χ3v) is 4.20.